The third kappa shape index (κ3) is 4.31. The highest BCUT2D eigenvalue weighted by Crippen LogP contribution is 2.29. The molecule has 2 aromatic carbocycles. The van der Waals surface area contributed by atoms with Crippen LogP contribution in [0.25, 0.3) is 11.1 Å². The zero-order valence-electron chi connectivity index (χ0n) is 16.5. The second-order valence-corrected chi connectivity index (χ2v) is 7.41. The van der Waals surface area contributed by atoms with E-state index in [2.05, 4.69) is 15.0 Å². The Morgan fingerprint density at radius 3 is 2.66 bits per heavy atom. The van der Waals surface area contributed by atoms with Crippen LogP contribution >= 0.6 is 0 Å². The molecule has 0 amide bonds. The lowest BCUT2D eigenvalue weighted by Crippen LogP contribution is -2.34. The summed E-state index contributed by atoms with van der Waals surface area (Å²) in [5, 5.41) is 4.16. The third-order valence-electron chi connectivity index (χ3n) is 5.43. The van der Waals surface area contributed by atoms with Gasteiger partial charge in [-0.25, -0.2) is 9.38 Å². The first-order valence-corrected chi connectivity index (χ1v) is 9.97. The van der Waals surface area contributed by atoms with Crippen LogP contribution in [0.3, 0.4) is 0 Å². The maximum Gasteiger partial charge on any atom is 0.191 e. The molecule has 1 unspecified atom stereocenters. The number of rotatable bonds is 5. The van der Waals surface area contributed by atoms with Gasteiger partial charge >= 0.3 is 0 Å². The van der Waals surface area contributed by atoms with Gasteiger partial charge in [0.2, 0.25) is 0 Å². The van der Waals surface area contributed by atoms with Crippen molar-refractivity contribution < 1.29 is 8.91 Å². The average molecular weight is 392 g/mol. The first kappa shape index (κ1) is 19.2. The molecule has 6 heteroatoms. The molecule has 0 spiro atoms. The summed E-state index contributed by atoms with van der Waals surface area (Å²) in [4.78, 5) is 6.49. The van der Waals surface area contributed by atoms with Crippen molar-refractivity contribution in [3.8, 4) is 11.1 Å². The number of hydrogen-bond acceptors (Lipinski definition) is 3. The van der Waals surface area contributed by atoms with E-state index in [-0.39, 0.29) is 11.7 Å². The smallest absolute Gasteiger partial charge is 0.191 e. The highest BCUT2D eigenvalue weighted by atomic mass is 19.1. The van der Waals surface area contributed by atoms with Crippen LogP contribution in [0.5, 0.6) is 0 Å². The molecule has 0 bridgehead atoms. The predicted molar refractivity (Wildman–Crippen MR) is 112 cm³/mol. The van der Waals surface area contributed by atoms with E-state index in [0.29, 0.717) is 23.8 Å². The molecule has 1 aromatic heterocycles. The van der Waals surface area contributed by atoms with Crippen LogP contribution in [0.4, 0.5) is 4.39 Å². The van der Waals surface area contributed by atoms with Crippen LogP contribution in [0, 0.1) is 5.82 Å². The Labute approximate surface area is 170 Å². The van der Waals surface area contributed by atoms with E-state index in [1.54, 1.807) is 6.07 Å². The number of nitrogens with zero attached hydrogens (tertiary/aromatic N) is 3. The van der Waals surface area contributed by atoms with E-state index in [1.165, 1.54) is 0 Å². The Morgan fingerprint density at radius 2 is 1.93 bits per heavy atom. The standard InChI is InChI=1S/C23H25FN4O/c1-16(18-9-10-20(21(24)13-18)17-7-3-2-4-8-17)22-14-19(29-27-22)15-26-23(25)28-11-5-6-12-28/h2-4,7-10,13-14,16H,5-6,11-12,15H2,1H3,(H2,25,26). The maximum absolute atomic E-state index is 14.7. The van der Waals surface area contributed by atoms with E-state index in [9.17, 15) is 4.39 Å². The normalized spacial score (nSPS) is 15.7. The monoisotopic (exact) mass is 392 g/mol. The fourth-order valence-electron chi connectivity index (χ4n) is 3.64. The summed E-state index contributed by atoms with van der Waals surface area (Å²) in [6.45, 7) is 4.25. The fraction of sp³-hybridized carbons (Fsp3) is 0.304. The van der Waals surface area contributed by atoms with Gasteiger partial charge < -0.3 is 15.2 Å². The molecular formula is C23H25FN4O. The number of aromatic nitrogens is 1. The quantitative estimate of drug-likeness (QED) is 0.511. The van der Waals surface area contributed by atoms with Gasteiger partial charge in [-0.3, -0.25) is 0 Å². The number of likely N-dealkylation sites (tertiary alicyclic amines) is 1. The fourth-order valence-corrected chi connectivity index (χ4v) is 3.64. The first-order chi connectivity index (χ1) is 14.1. The minimum Gasteiger partial charge on any atom is -0.370 e. The van der Waals surface area contributed by atoms with Crippen molar-refractivity contribution in [2.45, 2.75) is 32.2 Å². The molecule has 29 heavy (non-hydrogen) atoms. The molecule has 3 aromatic rings. The Hall–Kier alpha value is -3.15. The molecule has 4 rings (SSSR count). The molecule has 0 saturated carbocycles. The number of guanidine groups is 1. The Bertz CT molecular complexity index is 993. The summed E-state index contributed by atoms with van der Waals surface area (Å²) in [5.74, 6) is 0.862. The highest BCUT2D eigenvalue weighted by molar-refractivity contribution is 5.78. The van der Waals surface area contributed by atoms with Crippen molar-refractivity contribution in [2.75, 3.05) is 13.1 Å². The van der Waals surface area contributed by atoms with Crippen molar-refractivity contribution in [1.29, 1.82) is 0 Å². The van der Waals surface area contributed by atoms with Crippen molar-refractivity contribution in [1.82, 2.24) is 10.1 Å². The van der Waals surface area contributed by atoms with E-state index in [1.807, 2.05) is 55.5 Å². The zero-order valence-corrected chi connectivity index (χ0v) is 16.5. The summed E-state index contributed by atoms with van der Waals surface area (Å²) in [5.41, 5.74) is 9.09. The van der Waals surface area contributed by atoms with Crippen molar-refractivity contribution >= 4 is 5.96 Å². The largest absolute Gasteiger partial charge is 0.370 e. The molecule has 1 aliphatic rings. The van der Waals surface area contributed by atoms with Gasteiger partial charge in [0.25, 0.3) is 0 Å². The van der Waals surface area contributed by atoms with Crippen LogP contribution in [-0.4, -0.2) is 29.1 Å². The van der Waals surface area contributed by atoms with Crippen LogP contribution in [0.1, 0.15) is 42.7 Å². The van der Waals surface area contributed by atoms with Gasteiger partial charge in [-0.1, -0.05) is 54.5 Å². The van der Waals surface area contributed by atoms with Gasteiger partial charge in [0.1, 0.15) is 12.4 Å². The summed E-state index contributed by atoms with van der Waals surface area (Å²) in [6.07, 6.45) is 2.31. The summed E-state index contributed by atoms with van der Waals surface area (Å²) in [7, 11) is 0. The van der Waals surface area contributed by atoms with Crippen molar-refractivity contribution in [3.05, 3.63) is 77.4 Å². The average Bonchev–Trinajstić information content (AvgIpc) is 3.44. The number of halogens is 1. The van der Waals surface area contributed by atoms with Crippen molar-refractivity contribution in [3.63, 3.8) is 0 Å². The molecule has 1 fully saturated rings. The minimum absolute atomic E-state index is 0.0910. The topological polar surface area (TPSA) is 67.7 Å². The molecule has 1 atom stereocenters. The highest BCUT2D eigenvalue weighted by Gasteiger charge is 2.17. The third-order valence-corrected chi connectivity index (χ3v) is 5.43. The molecule has 2 heterocycles. The van der Waals surface area contributed by atoms with Crippen molar-refractivity contribution in [2.24, 2.45) is 10.7 Å². The second-order valence-electron chi connectivity index (χ2n) is 7.41. The van der Waals surface area contributed by atoms with E-state index < -0.39 is 0 Å². The lowest BCUT2D eigenvalue weighted by molar-refractivity contribution is 0.376. The number of hydrogen-bond donors (Lipinski definition) is 1. The van der Waals surface area contributed by atoms with E-state index >= 15 is 0 Å². The first-order valence-electron chi connectivity index (χ1n) is 9.97. The molecule has 1 saturated heterocycles. The molecule has 0 aliphatic carbocycles. The van der Waals surface area contributed by atoms with Gasteiger partial charge in [0.15, 0.2) is 11.7 Å². The van der Waals surface area contributed by atoms with E-state index in [4.69, 9.17) is 10.3 Å². The van der Waals surface area contributed by atoms with Crippen LogP contribution in [-0.2, 0) is 6.54 Å². The van der Waals surface area contributed by atoms with Crippen LogP contribution < -0.4 is 5.73 Å². The van der Waals surface area contributed by atoms with Gasteiger partial charge in [-0.05, 0) is 30.0 Å². The molecule has 2 N–H and O–H groups in total. The number of benzene rings is 2. The van der Waals surface area contributed by atoms with Crippen LogP contribution in [0.15, 0.2) is 64.1 Å². The van der Waals surface area contributed by atoms with E-state index in [0.717, 1.165) is 42.8 Å². The predicted octanol–water partition coefficient (Wildman–Crippen LogP) is 4.54. The Morgan fingerprint density at radius 1 is 1.17 bits per heavy atom. The minimum atomic E-state index is -0.243. The zero-order chi connectivity index (χ0) is 20.2. The Balaban J connectivity index is 1.46. The second kappa shape index (κ2) is 8.47. The molecule has 0 radical (unpaired) electrons. The molecular weight excluding hydrogens is 367 g/mol. The molecule has 5 nitrogen and oxygen atoms in total. The maximum atomic E-state index is 14.7. The van der Waals surface area contributed by atoms with Crippen LogP contribution in [0.2, 0.25) is 0 Å². The summed E-state index contributed by atoms with van der Waals surface area (Å²) in [6, 6.07) is 16.7. The summed E-state index contributed by atoms with van der Waals surface area (Å²) >= 11 is 0. The lowest BCUT2D eigenvalue weighted by atomic mass is 9.94. The lowest BCUT2D eigenvalue weighted by Gasteiger charge is -2.15. The van der Waals surface area contributed by atoms with Gasteiger partial charge in [0.05, 0.1) is 5.69 Å². The van der Waals surface area contributed by atoms with Gasteiger partial charge in [0, 0.05) is 30.6 Å². The Kier molecular flexibility index (Phi) is 5.60. The SMILES string of the molecule is CC(c1ccc(-c2ccccc2)c(F)c1)c1cc(C/N=C(\N)N2CCCC2)on1. The molecule has 150 valence electrons. The summed E-state index contributed by atoms with van der Waals surface area (Å²) < 4.78 is 20.1. The number of nitrogens with two attached hydrogens (primary N) is 1. The van der Waals surface area contributed by atoms with Gasteiger partial charge in [-0.2, -0.15) is 0 Å². The number of aliphatic imine (C=N–C) groups is 1. The van der Waals surface area contributed by atoms with Gasteiger partial charge in [-0.15, -0.1) is 0 Å². The molecule has 1 aliphatic heterocycles.